The maximum Gasteiger partial charge on any atom is 0.305 e. The minimum Gasteiger partial charge on any atom is -0.481 e. The summed E-state index contributed by atoms with van der Waals surface area (Å²) in [5, 5.41) is 20.8. The van der Waals surface area contributed by atoms with Gasteiger partial charge in [-0.1, -0.05) is 32.0 Å². The predicted molar refractivity (Wildman–Crippen MR) is 180 cm³/mol. The summed E-state index contributed by atoms with van der Waals surface area (Å²) >= 11 is 0. The van der Waals surface area contributed by atoms with E-state index in [1.54, 1.807) is 20.0 Å². The van der Waals surface area contributed by atoms with Gasteiger partial charge in [-0.25, -0.2) is 0 Å². The monoisotopic (exact) mass is 684 g/mol. The van der Waals surface area contributed by atoms with Crippen LogP contribution in [0.1, 0.15) is 45.1 Å². The number of amides is 5. The van der Waals surface area contributed by atoms with Gasteiger partial charge in [-0.05, 0) is 36.8 Å². The van der Waals surface area contributed by atoms with Crippen LogP contribution in [0.15, 0.2) is 30.5 Å². The largest absolute Gasteiger partial charge is 0.481 e. The van der Waals surface area contributed by atoms with Gasteiger partial charge in [0.2, 0.25) is 29.5 Å². The third-order valence-electron chi connectivity index (χ3n) is 9.46. The molecule has 2 aliphatic heterocycles. The first-order valence-electron chi connectivity index (χ1n) is 16.9. The van der Waals surface area contributed by atoms with Crippen molar-refractivity contribution in [2.24, 2.45) is 5.92 Å². The van der Waals surface area contributed by atoms with Crippen LogP contribution in [0.25, 0.3) is 10.9 Å². The predicted octanol–water partition coefficient (Wildman–Crippen LogP) is -0.101. The van der Waals surface area contributed by atoms with Crippen LogP contribution in [0.4, 0.5) is 0 Å². The Balaban J connectivity index is 1.62. The number of unbranched alkanes of at least 4 members (excludes halogenated alkanes) is 1. The zero-order valence-electron chi connectivity index (χ0n) is 28.8. The molecule has 1 aromatic heterocycles. The third-order valence-corrected chi connectivity index (χ3v) is 9.46. The Labute approximate surface area is 286 Å². The van der Waals surface area contributed by atoms with Gasteiger partial charge < -0.3 is 45.5 Å². The highest BCUT2D eigenvalue weighted by Gasteiger charge is 2.38. The second-order valence-electron chi connectivity index (χ2n) is 13.7. The molecule has 4 rings (SSSR count). The van der Waals surface area contributed by atoms with Gasteiger partial charge in [0.05, 0.1) is 39.8 Å². The Bertz CT molecular complexity index is 1520. The number of hydrogen-bond donors (Lipinski definition) is 6. The summed E-state index contributed by atoms with van der Waals surface area (Å²) in [7, 11) is 3.64. The molecule has 6 N–H and O–H groups in total. The molecule has 2 saturated heterocycles. The molecule has 4 atom stereocenters. The number of benzene rings is 1. The molecule has 3 heterocycles. The number of carbonyl (C=O) groups is 6. The number of aromatic amines is 1. The van der Waals surface area contributed by atoms with Gasteiger partial charge in [-0.15, -0.1) is 0 Å². The van der Waals surface area contributed by atoms with Crippen LogP contribution < -0.4 is 21.3 Å². The topological polar surface area (TPSA) is 199 Å². The quantitative estimate of drug-likeness (QED) is 0.147. The summed E-state index contributed by atoms with van der Waals surface area (Å²) < 4.78 is 6.35. The first kappa shape index (κ1) is 37.3. The molecule has 0 bridgehead atoms. The highest BCUT2D eigenvalue weighted by atomic mass is 16.5. The van der Waals surface area contributed by atoms with Crippen molar-refractivity contribution < 1.29 is 43.1 Å². The smallest absolute Gasteiger partial charge is 0.305 e. The lowest BCUT2D eigenvalue weighted by Crippen LogP contribution is -2.59. The van der Waals surface area contributed by atoms with E-state index in [4.69, 9.17) is 4.74 Å². The summed E-state index contributed by atoms with van der Waals surface area (Å²) in [6, 6.07) is 2.68. The van der Waals surface area contributed by atoms with E-state index in [1.165, 1.54) is 11.9 Å². The molecule has 0 saturated carbocycles. The van der Waals surface area contributed by atoms with Crippen LogP contribution in [0.5, 0.6) is 0 Å². The average Bonchev–Trinajstić information content (AvgIpc) is 3.46. The molecular formula is C34H50N7O8+. The standard InChI is InChI=1S/C34H49N7O8/c1-21(2)30-33(47)38-25(11-7-8-12-41(4)13-15-49-16-14-41)31(45)36-20-28(42)37-26(18-29(43)44)32(46)39-27(34(48)40(30)3)17-22-19-35-24-10-6-5-9-23(22)24/h5-6,9-10,19,21,25-27,30,35H,7-8,11-18,20H2,1-4H3,(H4-,36,37,38,39,42,43,44,45,46,47)/p+1/t25?,26?,27?,30-/m0/s1. The van der Waals surface area contributed by atoms with Crippen molar-refractivity contribution in [1.82, 2.24) is 31.2 Å². The van der Waals surface area contributed by atoms with Crippen LogP contribution in [0.2, 0.25) is 0 Å². The number of H-pyrrole nitrogens is 1. The van der Waals surface area contributed by atoms with Crippen LogP contribution in [0, 0.1) is 5.92 Å². The highest BCUT2D eigenvalue weighted by molar-refractivity contribution is 5.98. The zero-order chi connectivity index (χ0) is 35.7. The number of fused-ring (bicyclic) bond motifs is 1. The maximum atomic E-state index is 14.2. The molecule has 15 nitrogen and oxygen atoms in total. The fourth-order valence-electron chi connectivity index (χ4n) is 6.60. The number of morpholine rings is 1. The number of quaternary nitrogens is 1. The number of aromatic nitrogens is 1. The Morgan fingerprint density at radius 1 is 0.959 bits per heavy atom. The van der Waals surface area contributed by atoms with E-state index in [9.17, 15) is 33.9 Å². The van der Waals surface area contributed by atoms with E-state index in [0.29, 0.717) is 31.6 Å². The van der Waals surface area contributed by atoms with Crippen LogP contribution in [-0.2, 0) is 39.9 Å². The molecule has 0 spiro atoms. The fraction of sp³-hybridized carbons (Fsp3) is 0.588. The Morgan fingerprint density at radius 2 is 1.65 bits per heavy atom. The molecule has 5 amide bonds. The Hall–Kier alpha value is -4.50. The molecular weight excluding hydrogens is 634 g/mol. The van der Waals surface area contributed by atoms with Gasteiger partial charge in [-0.2, -0.15) is 0 Å². The van der Waals surface area contributed by atoms with Crippen molar-refractivity contribution in [3.8, 4) is 0 Å². The fourth-order valence-corrected chi connectivity index (χ4v) is 6.60. The number of carboxylic acids is 1. The number of para-hydroxylation sites is 1. The van der Waals surface area contributed by atoms with Crippen LogP contribution in [-0.4, -0.2) is 133 Å². The number of carboxylic acid groups (broad SMARTS) is 1. The molecule has 0 aliphatic carbocycles. The van der Waals surface area contributed by atoms with E-state index in [1.807, 2.05) is 24.3 Å². The summed E-state index contributed by atoms with van der Waals surface area (Å²) in [6.07, 6.45) is 2.70. The summed E-state index contributed by atoms with van der Waals surface area (Å²) in [4.78, 5) is 84.1. The van der Waals surface area contributed by atoms with Gasteiger partial charge in [-0.3, -0.25) is 28.8 Å². The molecule has 268 valence electrons. The van der Waals surface area contributed by atoms with Crippen molar-refractivity contribution >= 4 is 46.4 Å². The number of aliphatic carboxylic acids is 1. The number of nitrogens with zero attached hydrogens (tertiary/aromatic N) is 2. The summed E-state index contributed by atoms with van der Waals surface area (Å²) in [5.41, 5.74) is 1.54. The van der Waals surface area contributed by atoms with Crippen molar-refractivity contribution in [1.29, 1.82) is 0 Å². The highest BCUT2D eigenvalue weighted by Crippen LogP contribution is 2.21. The van der Waals surface area contributed by atoms with E-state index >= 15 is 0 Å². The van der Waals surface area contributed by atoms with Gasteiger partial charge >= 0.3 is 5.97 Å². The first-order chi connectivity index (χ1) is 23.3. The van der Waals surface area contributed by atoms with Crippen molar-refractivity contribution in [2.45, 2.75) is 70.1 Å². The number of ether oxygens (including phenoxy) is 1. The van der Waals surface area contributed by atoms with Crippen molar-refractivity contribution in [3.63, 3.8) is 0 Å². The van der Waals surface area contributed by atoms with Gasteiger partial charge in [0, 0.05) is 30.6 Å². The number of carbonyl (C=O) groups excluding carboxylic acids is 5. The molecule has 3 unspecified atom stereocenters. The Kier molecular flexibility index (Phi) is 12.8. The molecule has 49 heavy (non-hydrogen) atoms. The number of hydrogen-bond acceptors (Lipinski definition) is 7. The summed E-state index contributed by atoms with van der Waals surface area (Å²) in [6.45, 7) is 7.07. The van der Waals surface area contributed by atoms with E-state index < -0.39 is 72.6 Å². The molecule has 0 radical (unpaired) electrons. The van der Waals surface area contributed by atoms with E-state index in [0.717, 1.165) is 41.4 Å². The maximum absolute atomic E-state index is 14.2. The Morgan fingerprint density at radius 3 is 2.35 bits per heavy atom. The lowest BCUT2D eigenvalue weighted by Gasteiger charge is -2.37. The lowest BCUT2D eigenvalue weighted by molar-refractivity contribution is -0.917. The normalized spacial score (nSPS) is 24.4. The SMILES string of the molecule is CC(C)[C@H]1C(=O)NC(CCCC[N+]2(C)CCOCC2)C(=O)NCC(=O)NC(CC(=O)O)C(=O)NC(Cc2c[nH]c3ccccc23)C(=O)N1C. The number of nitrogens with one attached hydrogen (secondary N) is 5. The number of likely N-dealkylation sites (N-methyl/N-ethyl adjacent to an activating group) is 2. The average molecular weight is 685 g/mol. The molecule has 15 heteroatoms. The minimum atomic E-state index is -1.53. The second kappa shape index (κ2) is 16.7. The molecule has 2 aromatic rings. The molecule has 2 fully saturated rings. The molecule has 2 aliphatic rings. The second-order valence-corrected chi connectivity index (χ2v) is 13.7. The van der Waals surface area contributed by atoms with Crippen LogP contribution in [0.3, 0.4) is 0 Å². The van der Waals surface area contributed by atoms with Gasteiger partial charge in [0.1, 0.15) is 37.3 Å². The van der Waals surface area contributed by atoms with Crippen molar-refractivity contribution in [2.75, 3.05) is 53.5 Å². The van der Waals surface area contributed by atoms with Gasteiger partial charge in [0.25, 0.3) is 0 Å². The minimum absolute atomic E-state index is 0.0192. The van der Waals surface area contributed by atoms with E-state index in [2.05, 4.69) is 33.3 Å². The third kappa shape index (κ3) is 10.0. The zero-order valence-corrected chi connectivity index (χ0v) is 28.8. The van der Waals surface area contributed by atoms with Gasteiger partial charge in [0.15, 0.2) is 0 Å². The lowest BCUT2D eigenvalue weighted by atomic mass is 9.98. The first-order valence-corrected chi connectivity index (χ1v) is 16.9. The van der Waals surface area contributed by atoms with Crippen LogP contribution >= 0.6 is 0 Å². The van der Waals surface area contributed by atoms with Crippen molar-refractivity contribution in [3.05, 3.63) is 36.0 Å². The van der Waals surface area contributed by atoms with E-state index in [-0.39, 0.29) is 12.3 Å². The summed E-state index contributed by atoms with van der Waals surface area (Å²) in [5.74, 6) is -5.14. The number of rotatable bonds is 10. The molecule has 1 aromatic carbocycles.